The Morgan fingerprint density at radius 2 is 2.21 bits per heavy atom. The highest BCUT2D eigenvalue weighted by molar-refractivity contribution is 6.13. The van der Waals surface area contributed by atoms with E-state index in [0.29, 0.717) is 36.7 Å². The standard InChI is InChI=1S/C21H27N5O3.H2/c1-21(5-6-21)29-14-3-4-17(22)16(9-14)20(23)18-10-19(25-13-24-18)26-7-8-28-15(11-26)12-27-2;/h3-4,9-10,13,15,23H,5-8,11-12,22H2,1-2H3;1H. The first-order chi connectivity index (χ1) is 14.0. The van der Waals surface area contributed by atoms with Crippen LogP contribution < -0.4 is 15.4 Å². The van der Waals surface area contributed by atoms with Crippen LogP contribution in [0.3, 0.4) is 0 Å². The lowest BCUT2D eigenvalue weighted by molar-refractivity contribution is -0.0102. The Morgan fingerprint density at radius 1 is 1.38 bits per heavy atom. The number of nitrogens with zero attached hydrogens (tertiary/aromatic N) is 3. The van der Waals surface area contributed by atoms with Crippen molar-refractivity contribution in [1.82, 2.24) is 9.97 Å². The maximum absolute atomic E-state index is 8.68. The van der Waals surface area contributed by atoms with E-state index in [9.17, 15) is 0 Å². The first kappa shape index (κ1) is 19.6. The Kier molecular flexibility index (Phi) is 5.38. The van der Waals surface area contributed by atoms with Gasteiger partial charge < -0.3 is 24.8 Å². The molecular formula is C21H29N5O3. The highest BCUT2D eigenvalue weighted by atomic mass is 16.5. The molecule has 3 N–H and O–H groups in total. The van der Waals surface area contributed by atoms with Crippen LogP contribution in [0, 0.1) is 5.41 Å². The molecule has 1 saturated heterocycles. The first-order valence-corrected chi connectivity index (χ1v) is 9.83. The molecule has 0 bridgehead atoms. The molecule has 1 unspecified atom stereocenters. The highest BCUT2D eigenvalue weighted by Crippen LogP contribution is 2.40. The predicted molar refractivity (Wildman–Crippen MR) is 113 cm³/mol. The van der Waals surface area contributed by atoms with Crippen LogP contribution in [0.1, 0.15) is 32.4 Å². The molecule has 8 nitrogen and oxygen atoms in total. The quantitative estimate of drug-likeness (QED) is 0.544. The number of nitrogens with one attached hydrogen (secondary N) is 1. The number of hydrogen-bond acceptors (Lipinski definition) is 8. The zero-order chi connectivity index (χ0) is 20.4. The van der Waals surface area contributed by atoms with E-state index < -0.39 is 0 Å². The summed E-state index contributed by atoms with van der Waals surface area (Å²) < 4.78 is 16.9. The van der Waals surface area contributed by atoms with Crippen molar-refractivity contribution in [3.8, 4) is 5.75 Å². The summed E-state index contributed by atoms with van der Waals surface area (Å²) in [6.45, 7) is 4.64. The molecule has 2 aromatic rings. The van der Waals surface area contributed by atoms with Gasteiger partial charge in [0.15, 0.2) is 0 Å². The molecule has 156 valence electrons. The van der Waals surface area contributed by atoms with E-state index in [4.69, 9.17) is 25.4 Å². The third-order valence-corrected chi connectivity index (χ3v) is 5.34. The molecule has 1 aliphatic heterocycles. The largest absolute Gasteiger partial charge is 0.488 e. The second-order valence-corrected chi connectivity index (χ2v) is 7.83. The number of hydrogen-bond donors (Lipinski definition) is 2. The molecule has 1 saturated carbocycles. The predicted octanol–water partition coefficient (Wildman–Crippen LogP) is 2.50. The molecule has 8 heteroatoms. The number of aromatic nitrogens is 2. The van der Waals surface area contributed by atoms with Gasteiger partial charge in [-0.05, 0) is 38.0 Å². The third kappa shape index (κ3) is 4.49. The second kappa shape index (κ2) is 7.96. The number of ether oxygens (including phenoxy) is 3. The Morgan fingerprint density at radius 3 is 2.97 bits per heavy atom. The molecule has 0 spiro atoms. The SMILES string of the molecule is COCC1CN(c2cc(C(=N)c3cc(OC4(C)CC4)ccc3N)ncn2)CCO1.[HH]. The van der Waals surface area contributed by atoms with Gasteiger partial charge in [0, 0.05) is 38.9 Å². The van der Waals surface area contributed by atoms with Gasteiger partial charge in [-0.15, -0.1) is 0 Å². The number of morpholine rings is 1. The minimum Gasteiger partial charge on any atom is -0.488 e. The van der Waals surface area contributed by atoms with Crippen LogP contribution in [0.4, 0.5) is 11.5 Å². The van der Waals surface area contributed by atoms with Gasteiger partial charge in [-0.1, -0.05) is 0 Å². The number of benzene rings is 1. The van der Waals surface area contributed by atoms with Crippen LogP contribution in [0.5, 0.6) is 5.75 Å². The number of methoxy groups -OCH3 is 1. The number of rotatable bonds is 7. The molecular weight excluding hydrogens is 370 g/mol. The zero-order valence-corrected chi connectivity index (χ0v) is 16.9. The maximum Gasteiger partial charge on any atom is 0.132 e. The summed E-state index contributed by atoms with van der Waals surface area (Å²) in [5.74, 6) is 1.49. The van der Waals surface area contributed by atoms with E-state index in [1.54, 1.807) is 13.2 Å². The van der Waals surface area contributed by atoms with Crippen molar-refractivity contribution in [2.45, 2.75) is 31.5 Å². The van der Waals surface area contributed by atoms with Gasteiger partial charge >= 0.3 is 0 Å². The van der Waals surface area contributed by atoms with Crippen molar-refractivity contribution in [2.24, 2.45) is 0 Å². The average molecular weight is 399 g/mol. The summed E-state index contributed by atoms with van der Waals surface area (Å²) in [7, 11) is 1.66. The molecule has 0 amide bonds. The van der Waals surface area contributed by atoms with Gasteiger partial charge in [0.2, 0.25) is 0 Å². The van der Waals surface area contributed by atoms with Crippen molar-refractivity contribution in [2.75, 3.05) is 44.0 Å². The Bertz CT molecular complexity index is 904. The lowest BCUT2D eigenvalue weighted by atomic mass is 10.0. The Hall–Kier alpha value is -2.71. The lowest BCUT2D eigenvalue weighted by Gasteiger charge is -2.33. The molecule has 2 heterocycles. The summed E-state index contributed by atoms with van der Waals surface area (Å²) in [4.78, 5) is 10.8. The van der Waals surface area contributed by atoms with Crippen LogP contribution in [-0.2, 0) is 9.47 Å². The molecule has 0 radical (unpaired) electrons. The van der Waals surface area contributed by atoms with Crippen molar-refractivity contribution < 1.29 is 15.6 Å². The molecule has 1 aromatic carbocycles. The molecule has 2 aliphatic rings. The topological polar surface area (TPSA) is 107 Å². The van der Waals surface area contributed by atoms with Gasteiger partial charge in [-0.3, -0.25) is 5.41 Å². The van der Waals surface area contributed by atoms with Crippen LogP contribution in [-0.4, -0.2) is 60.8 Å². The van der Waals surface area contributed by atoms with E-state index >= 15 is 0 Å². The van der Waals surface area contributed by atoms with E-state index in [2.05, 4.69) is 21.8 Å². The summed E-state index contributed by atoms with van der Waals surface area (Å²) >= 11 is 0. The molecule has 1 aromatic heterocycles. The molecule has 1 atom stereocenters. The molecule has 1 aliphatic carbocycles. The van der Waals surface area contributed by atoms with E-state index in [0.717, 1.165) is 31.0 Å². The van der Waals surface area contributed by atoms with Crippen molar-refractivity contribution in [1.29, 1.82) is 5.41 Å². The average Bonchev–Trinajstić information content (AvgIpc) is 3.46. The number of nitrogens with two attached hydrogens (primary N) is 1. The summed E-state index contributed by atoms with van der Waals surface area (Å²) in [5.41, 5.74) is 7.97. The third-order valence-electron chi connectivity index (χ3n) is 5.34. The van der Waals surface area contributed by atoms with Gasteiger partial charge in [0.1, 0.15) is 23.5 Å². The van der Waals surface area contributed by atoms with Gasteiger partial charge in [-0.25, -0.2) is 9.97 Å². The van der Waals surface area contributed by atoms with Crippen LogP contribution in [0.2, 0.25) is 0 Å². The van der Waals surface area contributed by atoms with Crippen molar-refractivity contribution in [3.63, 3.8) is 0 Å². The normalized spacial score (nSPS) is 20.3. The van der Waals surface area contributed by atoms with Gasteiger partial charge in [0.05, 0.1) is 30.7 Å². The number of nitrogen functional groups attached to an aromatic ring is 1. The van der Waals surface area contributed by atoms with E-state index in [-0.39, 0.29) is 18.8 Å². The fraction of sp³-hybridized carbons (Fsp3) is 0.476. The fourth-order valence-corrected chi connectivity index (χ4v) is 3.39. The number of anilines is 2. The lowest BCUT2D eigenvalue weighted by Crippen LogP contribution is -2.44. The summed E-state index contributed by atoms with van der Waals surface area (Å²) in [5, 5.41) is 8.68. The highest BCUT2D eigenvalue weighted by Gasteiger charge is 2.40. The second-order valence-electron chi connectivity index (χ2n) is 7.83. The molecule has 29 heavy (non-hydrogen) atoms. The van der Waals surface area contributed by atoms with Crippen molar-refractivity contribution >= 4 is 17.2 Å². The fourth-order valence-electron chi connectivity index (χ4n) is 3.39. The van der Waals surface area contributed by atoms with E-state index in [1.807, 2.05) is 18.2 Å². The summed E-state index contributed by atoms with van der Waals surface area (Å²) in [6, 6.07) is 7.29. The molecule has 4 rings (SSSR count). The smallest absolute Gasteiger partial charge is 0.132 e. The van der Waals surface area contributed by atoms with Crippen LogP contribution in [0.15, 0.2) is 30.6 Å². The Labute approximate surface area is 172 Å². The van der Waals surface area contributed by atoms with Crippen LogP contribution in [0.25, 0.3) is 0 Å². The zero-order valence-electron chi connectivity index (χ0n) is 16.9. The minimum atomic E-state index is -0.0905. The van der Waals surface area contributed by atoms with Gasteiger partial charge in [-0.2, -0.15) is 0 Å². The Balaban J connectivity index is 0.00000256. The minimum absolute atomic E-state index is 0. The van der Waals surface area contributed by atoms with Crippen LogP contribution >= 0.6 is 0 Å². The molecule has 2 fully saturated rings. The summed E-state index contributed by atoms with van der Waals surface area (Å²) in [6.07, 6.45) is 3.58. The van der Waals surface area contributed by atoms with Crippen molar-refractivity contribution in [3.05, 3.63) is 41.9 Å². The maximum atomic E-state index is 8.68. The van der Waals surface area contributed by atoms with E-state index in [1.165, 1.54) is 6.33 Å². The monoisotopic (exact) mass is 399 g/mol. The first-order valence-electron chi connectivity index (χ1n) is 9.83. The van der Waals surface area contributed by atoms with Gasteiger partial charge in [0.25, 0.3) is 0 Å².